The van der Waals surface area contributed by atoms with Crippen LogP contribution < -0.4 is 5.32 Å². The second kappa shape index (κ2) is 61.1. The van der Waals surface area contributed by atoms with Crippen molar-refractivity contribution < 1.29 is 24.5 Å². The summed E-state index contributed by atoms with van der Waals surface area (Å²) in [7, 11) is 0. The van der Waals surface area contributed by atoms with Gasteiger partial charge in [-0.3, -0.25) is 9.59 Å². The fourth-order valence-corrected chi connectivity index (χ4v) is 10.3. The molecule has 0 radical (unpaired) electrons. The van der Waals surface area contributed by atoms with Crippen molar-refractivity contribution in [1.29, 1.82) is 0 Å². The van der Waals surface area contributed by atoms with E-state index in [1.54, 1.807) is 0 Å². The lowest BCUT2D eigenvalue weighted by molar-refractivity contribution is -0.143. The fourth-order valence-electron chi connectivity index (χ4n) is 10.3. The molecule has 3 N–H and O–H groups in total. The second-order valence-corrected chi connectivity index (χ2v) is 22.5. The van der Waals surface area contributed by atoms with Crippen molar-refractivity contribution >= 4 is 11.9 Å². The number of amides is 1. The molecule has 0 aromatic carbocycles. The Morgan fingerprint density at radius 1 is 0.380 bits per heavy atom. The van der Waals surface area contributed by atoms with E-state index in [-0.39, 0.29) is 18.5 Å². The first-order valence-electron chi connectivity index (χ1n) is 32.4. The second-order valence-electron chi connectivity index (χ2n) is 22.5. The lowest BCUT2D eigenvalue weighted by Gasteiger charge is -2.22. The molecular weight excluding hydrogens is 875 g/mol. The average molecular weight is 1000 g/mol. The summed E-state index contributed by atoms with van der Waals surface area (Å²) in [6, 6.07) is -0.540. The van der Waals surface area contributed by atoms with E-state index in [0.29, 0.717) is 25.9 Å². The summed E-state index contributed by atoms with van der Waals surface area (Å²) in [5.74, 6) is -0.0159. The highest BCUT2D eigenvalue weighted by molar-refractivity contribution is 5.76. The average Bonchev–Trinajstić information content (AvgIpc) is 3.37. The van der Waals surface area contributed by atoms with Crippen molar-refractivity contribution in [3.8, 4) is 0 Å². The van der Waals surface area contributed by atoms with Gasteiger partial charge in [-0.25, -0.2) is 0 Å². The number of aliphatic hydroxyl groups is 2. The van der Waals surface area contributed by atoms with Crippen LogP contribution in [0.4, 0.5) is 0 Å². The Balaban J connectivity index is 3.34. The van der Waals surface area contributed by atoms with E-state index >= 15 is 0 Å². The number of rotatable bonds is 61. The maximum Gasteiger partial charge on any atom is 0.305 e. The van der Waals surface area contributed by atoms with Crippen molar-refractivity contribution in [2.45, 2.75) is 379 Å². The van der Waals surface area contributed by atoms with Gasteiger partial charge in [0, 0.05) is 12.8 Å². The molecule has 0 fully saturated rings. The van der Waals surface area contributed by atoms with Gasteiger partial charge in [0.05, 0.1) is 25.4 Å². The van der Waals surface area contributed by atoms with E-state index in [4.69, 9.17) is 4.74 Å². The maximum absolute atomic E-state index is 12.4. The highest BCUT2D eigenvalue weighted by atomic mass is 16.5. The number of nitrogens with one attached hydrogen (secondary N) is 1. The summed E-state index contributed by atoms with van der Waals surface area (Å²) < 4.78 is 5.50. The Bertz CT molecular complexity index is 1060. The molecule has 0 aliphatic heterocycles. The number of unbranched alkanes of at least 4 members (excludes halogenated alkanes) is 48. The first-order chi connectivity index (χ1) is 35.0. The zero-order valence-corrected chi connectivity index (χ0v) is 48.2. The van der Waals surface area contributed by atoms with Crippen LogP contribution in [0.25, 0.3) is 0 Å². The van der Waals surface area contributed by atoms with Crippen LogP contribution >= 0.6 is 0 Å². The highest BCUT2D eigenvalue weighted by Gasteiger charge is 2.20. The van der Waals surface area contributed by atoms with Crippen molar-refractivity contribution in [1.82, 2.24) is 5.32 Å². The lowest BCUT2D eigenvalue weighted by atomic mass is 10.0. The Hall–Kier alpha value is -1.40. The van der Waals surface area contributed by atoms with Gasteiger partial charge in [-0.2, -0.15) is 0 Å². The molecule has 0 bridgehead atoms. The van der Waals surface area contributed by atoms with E-state index in [2.05, 4.69) is 31.3 Å². The van der Waals surface area contributed by atoms with Crippen molar-refractivity contribution in [3.05, 3.63) is 12.2 Å². The molecule has 422 valence electrons. The zero-order chi connectivity index (χ0) is 51.4. The molecule has 0 spiro atoms. The molecule has 71 heavy (non-hydrogen) atoms. The number of carbonyl (C=O) groups is 2. The summed E-state index contributed by atoms with van der Waals surface area (Å²) in [6.07, 6.45) is 73.9. The van der Waals surface area contributed by atoms with E-state index < -0.39 is 12.1 Å². The number of ether oxygens (including phenoxy) is 1. The molecule has 2 atom stereocenters. The van der Waals surface area contributed by atoms with E-state index in [1.807, 2.05) is 0 Å². The summed E-state index contributed by atoms with van der Waals surface area (Å²) in [4.78, 5) is 24.5. The van der Waals surface area contributed by atoms with Crippen LogP contribution in [0.2, 0.25) is 0 Å². The first kappa shape index (κ1) is 69.6. The zero-order valence-electron chi connectivity index (χ0n) is 48.2. The number of allylic oxidation sites excluding steroid dienone is 2. The number of esters is 1. The third kappa shape index (κ3) is 57.7. The van der Waals surface area contributed by atoms with Crippen LogP contribution in [0, 0.1) is 0 Å². The summed E-state index contributed by atoms with van der Waals surface area (Å²) >= 11 is 0. The molecule has 0 heterocycles. The van der Waals surface area contributed by atoms with Crippen molar-refractivity contribution in [2.24, 2.45) is 0 Å². The smallest absolute Gasteiger partial charge is 0.305 e. The number of carbonyl (C=O) groups excluding carboxylic acids is 2. The Morgan fingerprint density at radius 3 is 1.00 bits per heavy atom. The molecule has 0 saturated heterocycles. The highest BCUT2D eigenvalue weighted by Crippen LogP contribution is 2.18. The molecule has 6 nitrogen and oxygen atoms in total. The first-order valence-corrected chi connectivity index (χ1v) is 32.4. The predicted molar refractivity (Wildman–Crippen MR) is 310 cm³/mol. The SMILES string of the molecule is CCCCCCCCCCCCCCCCCCC(=O)OCCCCCCCCCCCCCC/C=C\CCCCCCCCCCCCCC(=O)NC(CO)C(O)CCCCCCCCCCCCC. The quantitative estimate of drug-likeness (QED) is 0.0320. The Morgan fingerprint density at radius 2 is 0.662 bits per heavy atom. The molecular formula is C65H127NO5. The van der Waals surface area contributed by atoms with Gasteiger partial charge >= 0.3 is 5.97 Å². The molecule has 6 heteroatoms. The van der Waals surface area contributed by atoms with Crippen LogP contribution in [-0.4, -0.2) is 47.4 Å². The van der Waals surface area contributed by atoms with Gasteiger partial charge in [-0.15, -0.1) is 0 Å². The van der Waals surface area contributed by atoms with Gasteiger partial charge in [0.2, 0.25) is 5.91 Å². The normalized spacial score (nSPS) is 12.6. The van der Waals surface area contributed by atoms with Gasteiger partial charge in [0.1, 0.15) is 0 Å². The van der Waals surface area contributed by atoms with E-state index in [0.717, 1.165) is 38.5 Å². The largest absolute Gasteiger partial charge is 0.466 e. The van der Waals surface area contributed by atoms with Crippen LogP contribution in [0.15, 0.2) is 12.2 Å². The third-order valence-corrected chi connectivity index (χ3v) is 15.3. The van der Waals surface area contributed by atoms with Crippen LogP contribution in [0.1, 0.15) is 367 Å². The topological polar surface area (TPSA) is 95.9 Å². The van der Waals surface area contributed by atoms with Gasteiger partial charge in [0.15, 0.2) is 0 Å². The molecule has 2 unspecified atom stereocenters. The van der Waals surface area contributed by atoms with Gasteiger partial charge < -0.3 is 20.3 Å². The maximum atomic E-state index is 12.4. The molecule has 1 amide bonds. The van der Waals surface area contributed by atoms with Crippen LogP contribution in [0.5, 0.6) is 0 Å². The summed E-state index contributed by atoms with van der Waals surface area (Å²) in [5.41, 5.74) is 0. The fraction of sp³-hybridized carbons (Fsp3) is 0.938. The molecule has 0 saturated carbocycles. The molecule has 0 aliphatic rings. The molecule has 0 aromatic heterocycles. The van der Waals surface area contributed by atoms with Gasteiger partial charge in [-0.1, -0.05) is 315 Å². The van der Waals surface area contributed by atoms with Gasteiger partial charge in [-0.05, 0) is 51.4 Å². The standard InChI is InChI=1S/C65H127NO5/c1-3-5-7-9-11-13-15-16-17-32-35-39-43-47-51-55-59-65(70)71-60-56-52-48-44-40-36-33-30-28-26-24-22-20-18-19-21-23-25-27-29-31-34-38-42-46-50-54-58-64(69)66-62(61-67)63(68)57-53-49-45-41-37-14-12-10-8-6-4-2/h18-19,62-63,67-68H,3-17,20-61H2,1-2H3,(H,66,69)/b19-18-. The lowest BCUT2D eigenvalue weighted by Crippen LogP contribution is -2.45. The number of hydrogen-bond acceptors (Lipinski definition) is 5. The Kier molecular flexibility index (Phi) is 59.9. The minimum Gasteiger partial charge on any atom is -0.466 e. The van der Waals surface area contributed by atoms with Crippen LogP contribution in [-0.2, 0) is 14.3 Å². The van der Waals surface area contributed by atoms with Crippen molar-refractivity contribution in [2.75, 3.05) is 13.2 Å². The summed E-state index contributed by atoms with van der Waals surface area (Å²) in [5, 5.41) is 23.2. The van der Waals surface area contributed by atoms with Crippen LogP contribution in [0.3, 0.4) is 0 Å². The predicted octanol–water partition coefficient (Wildman–Crippen LogP) is 20.4. The number of hydrogen-bond donors (Lipinski definition) is 3. The molecule has 0 rings (SSSR count). The molecule has 0 aliphatic carbocycles. The van der Waals surface area contributed by atoms with E-state index in [1.165, 1.54) is 295 Å². The minimum atomic E-state index is -0.662. The summed E-state index contributed by atoms with van der Waals surface area (Å²) in [6.45, 7) is 4.97. The van der Waals surface area contributed by atoms with Crippen molar-refractivity contribution in [3.63, 3.8) is 0 Å². The Labute approximate surface area is 444 Å². The molecule has 0 aromatic rings. The third-order valence-electron chi connectivity index (χ3n) is 15.3. The van der Waals surface area contributed by atoms with Gasteiger partial charge in [0.25, 0.3) is 0 Å². The monoisotopic (exact) mass is 1000 g/mol. The minimum absolute atomic E-state index is 0.0192. The van der Waals surface area contributed by atoms with E-state index in [9.17, 15) is 19.8 Å². The number of aliphatic hydroxyl groups excluding tert-OH is 2.